The largest absolute Gasteiger partial charge is 0.299 e. The number of azide groups is 1. The molecular weight excluding hydrogens is 274 g/mol. The Morgan fingerprint density at radius 3 is 1.50 bits per heavy atom. The van der Waals surface area contributed by atoms with Gasteiger partial charge in [0.05, 0.1) is 4.32 Å². The molecule has 5 nitrogen and oxygen atoms in total. The highest BCUT2D eigenvalue weighted by Gasteiger charge is 2.20. The molecular formula is C10H18BrN3O2. The number of hydrogen-bond acceptors (Lipinski definition) is 3. The van der Waals surface area contributed by atoms with E-state index >= 15 is 0 Å². The fourth-order valence-electron chi connectivity index (χ4n) is 0.182. The van der Waals surface area contributed by atoms with Crippen molar-refractivity contribution in [3.63, 3.8) is 0 Å². The summed E-state index contributed by atoms with van der Waals surface area (Å²) in [4.78, 5) is 23.5. The fourth-order valence-corrected chi connectivity index (χ4v) is 0.182. The normalized spacial score (nSPS) is 10.7. The van der Waals surface area contributed by atoms with Crippen molar-refractivity contribution in [1.82, 2.24) is 0 Å². The Labute approximate surface area is 104 Å². The molecule has 0 N–H and O–H groups in total. The van der Waals surface area contributed by atoms with Crippen LogP contribution in [0.1, 0.15) is 41.5 Å². The third kappa shape index (κ3) is 8.44. The molecule has 0 aromatic rings. The maximum atomic E-state index is 10.6. The quantitative estimate of drug-likeness (QED) is 0.345. The number of carbonyl (C=O) groups is 2. The molecule has 0 amide bonds. The van der Waals surface area contributed by atoms with Gasteiger partial charge in [0.25, 0.3) is 0 Å². The lowest BCUT2D eigenvalue weighted by molar-refractivity contribution is -0.121. The highest BCUT2D eigenvalue weighted by atomic mass is 79.9. The Bertz CT molecular complexity index is 309. The third-order valence-electron chi connectivity index (χ3n) is 1.99. The predicted molar refractivity (Wildman–Crippen MR) is 67.6 cm³/mol. The van der Waals surface area contributed by atoms with Gasteiger partial charge in [0, 0.05) is 4.91 Å². The lowest BCUT2D eigenvalue weighted by Crippen LogP contribution is -2.25. The topological polar surface area (TPSA) is 82.9 Å². The summed E-state index contributed by atoms with van der Waals surface area (Å²) in [5, 5.41) is 3.29. The van der Waals surface area contributed by atoms with Gasteiger partial charge in [-0.1, -0.05) is 21.0 Å². The Kier molecular flexibility index (Phi) is 7.29. The van der Waals surface area contributed by atoms with Crippen LogP contribution in [0.2, 0.25) is 0 Å². The third-order valence-corrected chi connectivity index (χ3v) is 2.55. The van der Waals surface area contributed by atoms with Crippen molar-refractivity contribution in [2.45, 2.75) is 51.4 Å². The van der Waals surface area contributed by atoms with Gasteiger partial charge < -0.3 is 0 Å². The highest BCUT2D eigenvalue weighted by molar-refractivity contribution is 9.10. The zero-order valence-corrected chi connectivity index (χ0v) is 12.1. The van der Waals surface area contributed by atoms with E-state index in [-0.39, 0.29) is 15.9 Å². The van der Waals surface area contributed by atoms with Crippen molar-refractivity contribution in [3.8, 4) is 0 Å². The molecule has 0 unspecified atom stereocenters. The van der Waals surface area contributed by atoms with Crippen LogP contribution in [0.4, 0.5) is 0 Å². The van der Waals surface area contributed by atoms with Gasteiger partial charge in [-0.15, -0.1) is 0 Å². The van der Waals surface area contributed by atoms with Gasteiger partial charge in [0.2, 0.25) is 0 Å². The zero-order chi connectivity index (χ0) is 13.6. The number of alkyl halides is 1. The first-order valence-electron chi connectivity index (χ1n) is 4.72. The minimum Gasteiger partial charge on any atom is -0.299 e. The van der Waals surface area contributed by atoms with Crippen LogP contribution in [0.3, 0.4) is 0 Å². The monoisotopic (exact) mass is 291 g/mol. The fraction of sp³-hybridized carbons (Fsp3) is 0.800. The number of hydrogen-bond donors (Lipinski definition) is 0. The van der Waals surface area contributed by atoms with Crippen LogP contribution in [0, 0.1) is 0 Å². The molecule has 0 saturated heterocycles. The van der Waals surface area contributed by atoms with E-state index in [9.17, 15) is 9.59 Å². The van der Waals surface area contributed by atoms with Gasteiger partial charge in [-0.25, -0.2) is 0 Å². The molecule has 0 bridgehead atoms. The summed E-state index contributed by atoms with van der Waals surface area (Å²) in [6, 6.07) is 0. The number of nitrogens with zero attached hydrogens (tertiary/aromatic N) is 3. The molecule has 16 heavy (non-hydrogen) atoms. The Morgan fingerprint density at radius 2 is 1.44 bits per heavy atom. The van der Waals surface area contributed by atoms with Crippen LogP contribution in [0.25, 0.3) is 10.4 Å². The van der Waals surface area contributed by atoms with E-state index in [1.807, 2.05) is 13.8 Å². The number of carbonyl (C=O) groups excluding carboxylic acids is 2. The maximum absolute atomic E-state index is 10.6. The lowest BCUT2D eigenvalue weighted by atomic mass is 10.0. The van der Waals surface area contributed by atoms with E-state index in [0.717, 1.165) is 0 Å². The number of halogens is 1. The summed E-state index contributed by atoms with van der Waals surface area (Å²) < 4.78 is -0.326. The van der Waals surface area contributed by atoms with Crippen LogP contribution < -0.4 is 0 Å². The van der Waals surface area contributed by atoms with E-state index < -0.39 is 5.54 Å². The zero-order valence-electron chi connectivity index (χ0n) is 10.5. The molecule has 0 aliphatic carbocycles. The van der Waals surface area contributed by atoms with Gasteiger partial charge in [-0.3, -0.25) is 9.59 Å². The molecule has 0 heterocycles. The van der Waals surface area contributed by atoms with Crippen molar-refractivity contribution >= 4 is 27.5 Å². The average Bonchev–Trinajstić information content (AvgIpc) is 2.02. The molecule has 0 fully saturated rings. The summed E-state index contributed by atoms with van der Waals surface area (Å²) in [5.41, 5.74) is 7.08. The molecule has 0 aromatic carbocycles. The van der Waals surface area contributed by atoms with Gasteiger partial charge in [0.1, 0.15) is 17.1 Å². The van der Waals surface area contributed by atoms with E-state index in [0.29, 0.717) is 0 Å². The molecule has 0 saturated carbocycles. The van der Waals surface area contributed by atoms with E-state index in [1.165, 1.54) is 6.92 Å². The van der Waals surface area contributed by atoms with Crippen molar-refractivity contribution in [2.24, 2.45) is 5.11 Å². The number of Topliss-reactive ketones (excluding diaryl/α,β-unsaturated/α-hetero) is 2. The maximum Gasteiger partial charge on any atom is 0.145 e. The number of rotatable bonds is 3. The first kappa shape index (κ1) is 17.5. The minimum atomic E-state index is -0.880. The molecule has 0 atom stereocenters. The summed E-state index contributed by atoms with van der Waals surface area (Å²) in [6.45, 7) is 9.78. The summed E-state index contributed by atoms with van der Waals surface area (Å²) >= 11 is 3.19. The van der Waals surface area contributed by atoms with Crippen molar-refractivity contribution in [3.05, 3.63) is 10.4 Å². The van der Waals surface area contributed by atoms with Crippen molar-refractivity contribution in [2.75, 3.05) is 0 Å². The second kappa shape index (κ2) is 6.66. The van der Waals surface area contributed by atoms with Crippen LogP contribution in [-0.4, -0.2) is 21.4 Å². The first-order valence-corrected chi connectivity index (χ1v) is 5.51. The molecule has 0 aliphatic heterocycles. The molecule has 0 aliphatic rings. The van der Waals surface area contributed by atoms with Gasteiger partial charge in [0.15, 0.2) is 0 Å². The molecule has 0 radical (unpaired) electrons. The lowest BCUT2D eigenvalue weighted by Gasteiger charge is -2.11. The number of ketones is 2. The smallest absolute Gasteiger partial charge is 0.145 e. The van der Waals surface area contributed by atoms with Crippen LogP contribution in [-0.2, 0) is 9.59 Å². The standard InChI is InChI=1S/C5H9BrO.C5H9N3O/c1-4(7)5(2,3)6;1-4(9)5(2,3)7-8-6/h1-3H3;1-3H3. The molecule has 0 rings (SSSR count). The van der Waals surface area contributed by atoms with Crippen LogP contribution in [0.5, 0.6) is 0 Å². The van der Waals surface area contributed by atoms with Gasteiger partial charge in [-0.05, 0) is 47.1 Å². The molecule has 0 spiro atoms. The van der Waals surface area contributed by atoms with Crippen molar-refractivity contribution < 1.29 is 9.59 Å². The Morgan fingerprint density at radius 1 is 1.12 bits per heavy atom. The van der Waals surface area contributed by atoms with E-state index in [2.05, 4.69) is 26.0 Å². The Hall–Kier alpha value is -0.870. The SMILES string of the molecule is CC(=O)C(C)(C)Br.CC(=O)C(C)(C)N=[N+]=[N-]. The summed E-state index contributed by atoms with van der Waals surface area (Å²) in [7, 11) is 0. The van der Waals surface area contributed by atoms with Crippen molar-refractivity contribution in [1.29, 1.82) is 0 Å². The van der Waals surface area contributed by atoms with Gasteiger partial charge >= 0.3 is 0 Å². The average molecular weight is 292 g/mol. The summed E-state index contributed by atoms with van der Waals surface area (Å²) in [6.07, 6.45) is 0. The van der Waals surface area contributed by atoms with E-state index in [4.69, 9.17) is 5.53 Å². The second-order valence-corrected chi connectivity index (χ2v) is 6.32. The van der Waals surface area contributed by atoms with E-state index in [1.54, 1.807) is 20.8 Å². The van der Waals surface area contributed by atoms with Gasteiger partial charge in [-0.2, -0.15) is 0 Å². The van der Waals surface area contributed by atoms with Crippen LogP contribution >= 0.6 is 15.9 Å². The molecule has 92 valence electrons. The minimum absolute atomic E-state index is 0.125. The summed E-state index contributed by atoms with van der Waals surface area (Å²) in [5.74, 6) is 0.0350. The molecule has 6 heteroatoms. The highest BCUT2D eigenvalue weighted by Crippen LogP contribution is 2.15. The second-order valence-electron chi connectivity index (χ2n) is 4.33. The molecule has 0 aromatic heterocycles. The van der Waals surface area contributed by atoms with Crippen LogP contribution in [0.15, 0.2) is 5.11 Å². The predicted octanol–water partition coefficient (Wildman–Crippen LogP) is 3.41. The Balaban J connectivity index is 0. The first-order chi connectivity index (χ1) is 6.95.